The molecule has 0 radical (unpaired) electrons. The Kier molecular flexibility index (Phi) is 1.48. The number of anilines is 1. The van der Waals surface area contributed by atoms with Gasteiger partial charge in [0.25, 0.3) is 0 Å². The lowest BCUT2D eigenvalue weighted by molar-refractivity contribution is 1.10. The highest BCUT2D eigenvalue weighted by molar-refractivity contribution is 7.15. The number of rotatable bonds is 0. The summed E-state index contributed by atoms with van der Waals surface area (Å²) in [4.78, 5) is 12.1. The Bertz CT molecular complexity index is 435. The zero-order valence-corrected chi connectivity index (χ0v) is 7.68. The Labute approximate surface area is 71.3 Å². The molecule has 6 heteroatoms. The van der Waals surface area contributed by atoms with E-state index in [1.165, 1.54) is 6.33 Å². The van der Waals surface area contributed by atoms with Crippen molar-refractivity contribution in [1.29, 1.82) is 0 Å². The smallest absolute Gasteiger partial charge is 0.168 e. The van der Waals surface area contributed by atoms with Crippen LogP contribution in [0.3, 0.4) is 0 Å². The average Bonchev–Trinajstić information content (AvgIpc) is 2.32. The Morgan fingerprint density at radius 1 is 1.50 bits per heavy atom. The summed E-state index contributed by atoms with van der Waals surface area (Å²) in [7, 11) is 2.52. The lowest BCUT2D eigenvalue weighted by Crippen LogP contribution is -1.92. The van der Waals surface area contributed by atoms with Crippen LogP contribution in [0.5, 0.6) is 0 Å². The highest BCUT2D eigenvalue weighted by atomic mass is 31.0. The van der Waals surface area contributed by atoms with Crippen LogP contribution in [0.2, 0.25) is 0 Å². The minimum atomic E-state index is 0.421. The third-order valence-electron chi connectivity index (χ3n) is 1.68. The quantitative estimate of drug-likeness (QED) is 0.595. The summed E-state index contributed by atoms with van der Waals surface area (Å²) in [6.45, 7) is 1.88. The van der Waals surface area contributed by atoms with E-state index in [9.17, 15) is 0 Å². The molecule has 0 aliphatic heterocycles. The molecule has 2 N–H and O–H groups in total. The van der Waals surface area contributed by atoms with Crippen molar-refractivity contribution in [3.05, 3.63) is 12.2 Å². The average molecular weight is 181 g/mol. The molecule has 2 rings (SSSR count). The minimum Gasteiger partial charge on any atom is -0.382 e. The first-order valence-electron chi connectivity index (χ1n) is 3.40. The standard InChI is InChI=1S/C6H8N5P/c1-3-10-4-5(7)8-2-9-6(4)11(3)12/h2H,12H2,1H3,(H2,7,8,9). The molecule has 0 saturated heterocycles. The summed E-state index contributed by atoms with van der Waals surface area (Å²) >= 11 is 0. The SMILES string of the molecule is Cc1nc2c(N)ncnc2n1P. The van der Waals surface area contributed by atoms with Crippen LogP contribution in [0.15, 0.2) is 6.33 Å². The maximum atomic E-state index is 5.60. The number of aryl methyl sites for hydroxylation is 1. The van der Waals surface area contributed by atoms with E-state index < -0.39 is 0 Å². The van der Waals surface area contributed by atoms with E-state index in [2.05, 4.69) is 24.3 Å². The first kappa shape index (κ1) is 7.43. The Morgan fingerprint density at radius 2 is 2.25 bits per heavy atom. The molecule has 0 amide bonds. The molecule has 0 spiro atoms. The third kappa shape index (κ3) is 0.865. The van der Waals surface area contributed by atoms with Crippen molar-refractivity contribution in [2.45, 2.75) is 6.92 Å². The van der Waals surface area contributed by atoms with E-state index >= 15 is 0 Å². The zero-order chi connectivity index (χ0) is 8.72. The largest absolute Gasteiger partial charge is 0.382 e. The summed E-state index contributed by atoms with van der Waals surface area (Å²) in [5.74, 6) is 1.27. The number of nitrogens with zero attached hydrogens (tertiary/aromatic N) is 4. The fraction of sp³-hybridized carbons (Fsp3) is 0.167. The first-order chi connectivity index (χ1) is 5.70. The first-order valence-corrected chi connectivity index (χ1v) is 3.92. The van der Waals surface area contributed by atoms with Gasteiger partial charge in [0.2, 0.25) is 0 Å². The van der Waals surface area contributed by atoms with Crippen molar-refractivity contribution in [1.82, 2.24) is 19.3 Å². The number of hydrogen-bond acceptors (Lipinski definition) is 4. The van der Waals surface area contributed by atoms with E-state index in [1.807, 2.05) is 6.92 Å². The molecule has 1 atom stereocenters. The molecule has 5 nitrogen and oxygen atoms in total. The van der Waals surface area contributed by atoms with Gasteiger partial charge in [-0.25, -0.2) is 15.0 Å². The summed E-state index contributed by atoms with van der Waals surface area (Å²) in [5.41, 5.74) is 7.00. The van der Waals surface area contributed by atoms with Gasteiger partial charge in [-0.2, -0.15) is 0 Å². The molecule has 62 valence electrons. The lowest BCUT2D eigenvalue weighted by atomic mass is 10.5. The number of imidazole rings is 1. The van der Waals surface area contributed by atoms with Gasteiger partial charge >= 0.3 is 0 Å². The summed E-state index contributed by atoms with van der Waals surface area (Å²) in [6, 6.07) is 0. The number of hydrogen-bond donors (Lipinski definition) is 1. The molecule has 0 aromatic carbocycles. The van der Waals surface area contributed by atoms with Crippen molar-refractivity contribution < 1.29 is 0 Å². The van der Waals surface area contributed by atoms with E-state index in [0.717, 1.165) is 11.5 Å². The maximum absolute atomic E-state index is 5.60. The molecule has 1 unspecified atom stereocenters. The van der Waals surface area contributed by atoms with Gasteiger partial charge in [0.05, 0.1) is 0 Å². The normalized spacial score (nSPS) is 10.8. The van der Waals surface area contributed by atoms with E-state index in [0.29, 0.717) is 11.3 Å². The molecule has 2 heterocycles. The summed E-state index contributed by atoms with van der Waals surface area (Å²) < 4.78 is 1.80. The fourth-order valence-corrected chi connectivity index (χ4v) is 1.28. The summed E-state index contributed by atoms with van der Waals surface area (Å²) in [5, 5.41) is 0. The van der Waals surface area contributed by atoms with Gasteiger partial charge in [0.15, 0.2) is 17.0 Å². The lowest BCUT2D eigenvalue weighted by Gasteiger charge is -1.94. The van der Waals surface area contributed by atoms with Gasteiger partial charge in [0.1, 0.15) is 12.2 Å². The van der Waals surface area contributed by atoms with Crippen molar-refractivity contribution in [2.24, 2.45) is 0 Å². The van der Waals surface area contributed by atoms with Crippen LogP contribution in [0.1, 0.15) is 5.82 Å². The van der Waals surface area contributed by atoms with E-state index in [-0.39, 0.29) is 0 Å². The van der Waals surface area contributed by atoms with Gasteiger partial charge in [-0.3, -0.25) is 4.34 Å². The molecular weight excluding hydrogens is 173 g/mol. The van der Waals surface area contributed by atoms with Gasteiger partial charge in [0, 0.05) is 0 Å². The van der Waals surface area contributed by atoms with Crippen LogP contribution in [0.25, 0.3) is 11.2 Å². The van der Waals surface area contributed by atoms with E-state index in [1.54, 1.807) is 4.34 Å². The second kappa shape index (κ2) is 2.38. The molecule has 2 aromatic heterocycles. The molecule has 0 saturated carbocycles. The molecule has 2 aromatic rings. The van der Waals surface area contributed by atoms with Gasteiger partial charge in [-0.1, -0.05) is 0 Å². The highest BCUT2D eigenvalue weighted by Crippen LogP contribution is 2.18. The highest BCUT2D eigenvalue weighted by Gasteiger charge is 2.07. The predicted molar refractivity (Wildman–Crippen MR) is 49.6 cm³/mol. The second-order valence-corrected chi connectivity index (χ2v) is 2.98. The number of nitrogens with two attached hydrogens (primary N) is 1. The van der Waals surface area contributed by atoms with Crippen LogP contribution in [0, 0.1) is 6.92 Å². The third-order valence-corrected chi connectivity index (χ3v) is 2.30. The van der Waals surface area contributed by atoms with Crippen molar-refractivity contribution >= 4 is 26.4 Å². The number of fused-ring (bicyclic) bond motifs is 1. The van der Waals surface area contributed by atoms with Crippen LogP contribution < -0.4 is 5.73 Å². The van der Waals surface area contributed by atoms with E-state index in [4.69, 9.17) is 5.73 Å². The summed E-state index contributed by atoms with van der Waals surface area (Å²) in [6.07, 6.45) is 1.43. The Balaban J connectivity index is 2.95. The predicted octanol–water partition coefficient (Wildman–Crippen LogP) is 0.355. The Morgan fingerprint density at radius 3 is 2.92 bits per heavy atom. The van der Waals surface area contributed by atoms with Crippen LogP contribution in [-0.2, 0) is 0 Å². The molecular formula is C6H8N5P. The van der Waals surface area contributed by atoms with Gasteiger partial charge < -0.3 is 5.73 Å². The molecule has 0 aliphatic carbocycles. The van der Waals surface area contributed by atoms with Crippen LogP contribution >= 0.6 is 9.39 Å². The fourth-order valence-electron chi connectivity index (χ4n) is 1.04. The molecule has 0 bridgehead atoms. The number of aromatic nitrogens is 4. The monoisotopic (exact) mass is 181 g/mol. The zero-order valence-electron chi connectivity index (χ0n) is 6.52. The molecule has 12 heavy (non-hydrogen) atoms. The Hall–Kier alpha value is -1.22. The van der Waals surface area contributed by atoms with Crippen LogP contribution in [0.4, 0.5) is 5.82 Å². The van der Waals surface area contributed by atoms with Crippen molar-refractivity contribution in [3.63, 3.8) is 0 Å². The molecule has 0 fully saturated rings. The minimum absolute atomic E-state index is 0.421. The van der Waals surface area contributed by atoms with Crippen LogP contribution in [-0.4, -0.2) is 19.3 Å². The van der Waals surface area contributed by atoms with Crippen molar-refractivity contribution in [3.8, 4) is 0 Å². The molecule has 0 aliphatic rings. The number of nitrogen functional groups attached to an aromatic ring is 1. The maximum Gasteiger partial charge on any atom is 0.168 e. The topological polar surface area (TPSA) is 69.6 Å². The van der Waals surface area contributed by atoms with Crippen molar-refractivity contribution in [2.75, 3.05) is 5.73 Å². The van der Waals surface area contributed by atoms with Gasteiger partial charge in [-0.05, 0) is 16.3 Å². The second-order valence-electron chi connectivity index (χ2n) is 2.46. The van der Waals surface area contributed by atoms with Gasteiger partial charge in [-0.15, -0.1) is 0 Å².